The third kappa shape index (κ3) is 15.6. The van der Waals surface area contributed by atoms with E-state index in [2.05, 4.69) is 57.7 Å². The highest BCUT2D eigenvalue weighted by Gasteiger charge is 2.23. The highest BCUT2D eigenvalue weighted by Crippen LogP contribution is 2.33. The zero-order chi connectivity index (χ0) is 33.2. The number of rotatable bonds is 22. The molecule has 0 aliphatic carbocycles. The summed E-state index contributed by atoms with van der Waals surface area (Å²) in [6.07, 6.45) is 0.735. The van der Waals surface area contributed by atoms with Gasteiger partial charge in [0.1, 0.15) is 37.9 Å². The molecule has 0 fully saturated rings. The van der Waals surface area contributed by atoms with Crippen LogP contribution in [0.2, 0.25) is 0 Å². The standard InChI is InChI=1S/C35H56N4O6/c1-35(2,29-9-13-31(14-10-29)42-25-27-44-33(40)17-19-38(7)23-21-36(3)4)30-11-15-32(16-12-30)43-26-28-45-34(41)18-20-39(8)24-22-37(5)6/h9-16H,17-28H2,1-8H3. The summed E-state index contributed by atoms with van der Waals surface area (Å²) in [5, 5.41) is 0. The number of hydrogen-bond acceptors (Lipinski definition) is 10. The second-order valence-electron chi connectivity index (χ2n) is 12.5. The lowest BCUT2D eigenvalue weighted by Gasteiger charge is -2.26. The van der Waals surface area contributed by atoms with Gasteiger partial charge in [-0.15, -0.1) is 0 Å². The molecule has 0 bridgehead atoms. The molecule has 0 atom stereocenters. The van der Waals surface area contributed by atoms with Gasteiger partial charge in [0.2, 0.25) is 0 Å². The Morgan fingerprint density at radius 3 is 1.22 bits per heavy atom. The summed E-state index contributed by atoms with van der Waals surface area (Å²) in [6.45, 7) is 10.5. The maximum absolute atomic E-state index is 12.0. The fraction of sp³-hybridized carbons (Fsp3) is 0.600. The van der Waals surface area contributed by atoms with Crippen LogP contribution in [-0.4, -0.2) is 140 Å². The van der Waals surface area contributed by atoms with E-state index in [9.17, 15) is 9.59 Å². The number of ether oxygens (including phenoxy) is 4. The van der Waals surface area contributed by atoms with Gasteiger partial charge < -0.3 is 38.5 Å². The number of likely N-dealkylation sites (N-methyl/N-ethyl adjacent to an activating group) is 4. The molecule has 10 heteroatoms. The first-order valence-electron chi connectivity index (χ1n) is 15.8. The Morgan fingerprint density at radius 1 is 0.533 bits per heavy atom. The Bertz CT molecular complexity index is 1030. The zero-order valence-corrected chi connectivity index (χ0v) is 28.8. The van der Waals surface area contributed by atoms with Gasteiger partial charge in [0, 0.05) is 44.7 Å². The van der Waals surface area contributed by atoms with E-state index in [0.29, 0.717) is 39.1 Å². The van der Waals surface area contributed by atoms with E-state index >= 15 is 0 Å². The van der Waals surface area contributed by atoms with Crippen LogP contribution in [0.15, 0.2) is 48.5 Å². The van der Waals surface area contributed by atoms with E-state index in [1.165, 1.54) is 0 Å². The Balaban J connectivity index is 1.69. The molecule has 0 spiro atoms. The molecule has 2 aromatic carbocycles. The van der Waals surface area contributed by atoms with E-state index < -0.39 is 0 Å². The summed E-state index contributed by atoms with van der Waals surface area (Å²) >= 11 is 0. The van der Waals surface area contributed by atoms with Gasteiger partial charge in [-0.1, -0.05) is 38.1 Å². The van der Waals surface area contributed by atoms with Crippen LogP contribution in [0, 0.1) is 0 Å². The molecule has 0 aliphatic heterocycles. The molecule has 45 heavy (non-hydrogen) atoms. The van der Waals surface area contributed by atoms with Crippen LogP contribution >= 0.6 is 0 Å². The molecule has 252 valence electrons. The molecule has 0 unspecified atom stereocenters. The molecule has 2 aromatic rings. The third-order valence-corrected chi connectivity index (χ3v) is 7.64. The highest BCUT2D eigenvalue weighted by molar-refractivity contribution is 5.69. The number of nitrogens with zero attached hydrogens (tertiary/aromatic N) is 4. The Kier molecular flexibility index (Phi) is 16.9. The molecule has 10 nitrogen and oxygen atoms in total. The molecule has 0 aromatic heterocycles. The van der Waals surface area contributed by atoms with Crippen LogP contribution in [0.1, 0.15) is 37.8 Å². The summed E-state index contributed by atoms with van der Waals surface area (Å²) < 4.78 is 22.2. The number of hydrogen-bond donors (Lipinski definition) is 0. The van der Waals surface area contributed by atoms with Gasteiger partial charge in [-0.2, -0.15) is 0 Å². The lowest BCUT2D eigenvalue weighted by atomic mass is 9.78. The lowest BCUT2D eigenvalue weighted by molar-refractivity contribution is -0.145. The maximum Gasteiger partial charge on any atom is 0.307 e. The predicted molar refractivity (Wildman–Crippen MR) is 179 cm³/mol. The van der Waals surface area contributed by atoms with Gasteiger partial charge >= 0.3 is 11.9 Å². The van der Waals surface area contributed by atoms with E-state index in [0.717, 1.165) is 48.8 Å². The van der Waals surface area contributed by atoms with Crippen LogP contribution in [0.4, 0.5) is 0 Å². The van der Waals surface area contributed by atoms with E-state index in [1.54, 1.807) is 0 Å². The topological polar surface area (TPSA) is 84.0 Å². The van der Waals surface area contributed by atoms with Crippen molar-refractivity contribution in [1.29, 1.82) is 0 Å². The van der Waals surface area contributed by atoms with E-state index in [1.807, 2.05) is 66.6 Å². The first-order chi connectivity index (χ1) is 21.4. The SMILES string of the molecule is CN(C)CCN(C)CCC(=O)OCCOc1ccc(C(C)(C)c2ccc(OCCOC(=O)CCN(C)CCN(C)C)cc2)cc1. The van der Waals surface area contributed by atoms with Gasteiger partial charge in [0.15, 0.2) is 0 Å². The van der Waals surface area contributed by atoms with Crippen molar-refractivity contribution in [3.8, 4) is 11.5 Å². The summed E-state index contributed by atoms with van der Waals surface area (Å²) in [5.41, 5.74) is 2.06. The van der Waals surface area contributed by atoms with Crippen molar-refractivity contribution < 1.29 is 28.5 Å². The van der Waals surface area contributed by atoms with Crippen LogP contribution in [-0.2, 0) is 24.5 Å². The van der Waals surface area contributed by atoms with Gasteiger partial charge in [-0.3, -0.25) is 9.59 Å². The minimum atomic E-state index is -0.235. The van der Waals surface area contributed by atoms with Crippen LogP contribution in [0.25, 0.3) is 0 Å². The minimum Gasteiger partial charge on any atom is -0.490 e. The summed E-state index contributed by atoms with van der Waals surface area (Å²) in [7, 11) is 12.2. The third-order valence-electron chi connectivity index (χ3n) is 7.64. The average Bonchev–Trinajstić information content (AvgIpc) is 3.01. The Morgan fingerprint density at radius 2 is 0.889 bits per heavy atom. The first kappa shape index (κ1) is 38.0. The molecule has 0 radical (unpaired) electrons. The molecule has 0 amide bonds. The van der Waals surface area contributed by atoms with Crippen molar-refractivity contribution >= 4 is 11.9 Å². The minimum absolute atomic E-state index is 0.211. The molecule has 2 rings (SSSR count). The average molecular weight is 629 g/mol. The van der Waals surface area contributed by atoms with E-state index in [-0.39, 0.29) is 30.6 Å². The van der Waals surface area contributed by atoms with Crippen LogP contribution in [0.3, 0.4) is 0 Å². The quantitative estimate of drug-likeness (QED) is 0.142. The lowest BCUT2D eigenvalue weighted by Crippen LogP contribution is -2.30. The molecule has 0 aliphatic rings. The second-order valence-corrected chi connectivity index (χ2v) is 12.5. The van der Waals surface area contributed by atoms with Crippen molar-refractivity contribution in [2.45, 2.75) is 32.1 Å². The van der Waals surface area contributed by atoms with Crippen molar-refractivity contribution in [2.75, 3.05) is 108 Å². The number of benzene rings is 2. The zero-order valence-electron chi connectivity index (χ0n) is 28.8. The Labute approximate surface area is 271 Å². The van der Waals surface area contributed by atoms with Gasteiger partial charge in [-0.05, 0) is 77.7 Å². The van der Waals surface area contributed by atoms with Crippen molar-refractivity contribution in [3.63, 3.8) is 0 Å². The van der Waals surface area contributed by atoms with E-state index in [4.69, 9.17) is 18.9 Å². The van der Waals surface area contributed by atoms with Crippen molar-refractivity contribution in [1.82, 2.24) is 19.6 Å². The fourth-order valence-electron chi connectivity index (χ4n) is 4.41. The fourth-order valence-corrected chi connectivity index (χ4v) is 4.41. The van der Waals surface area contributed by atoms with Gasteiger partial charge in [0.25, 0.3) is 0 Å². The largest absolute Gasteiger partial charge is 0.490 e. The predicted octanol–water partition coefficient (Wildman–Crippen LogP) is 3.62. The molecular formula is C35H56N4O6. The van der Waals surface area contributed by atoms with Crippen LogP contribution in [0.5, 0.6) is 11.5 Å². The summed E-state index contributed by atoms with van der Waals surface area (Å²) in [6, 6.07) is 16.0. The number of carbonyl (C=O) groups excluding carboxylic acids is 2. The molecule has 0 heterocycles. The van der Waals surface area contributed by atoms with Crippen molar-refractivity contribution in [3.05, 3.63) is 59.7 Å². The number of carbonyl (C=O) groups is 2. The first-order valence-corrected chi connectivity index (χ1v) is 15.8. The maximum atomic E-state index is 12.0. The normalized spacial score (nSPS) is 11.8. The Hall–Kier alpha value is -3.18. The summed E-state index contributed by atoms with van der Waals surface area (Å²) in [5.74, 6) is 1.04. The van der Waals surface area contributed by atoms with Gasteiger partial charge in [-0.25, -0.2) is 0 Å². The van der Waals surface area contributed by atoms with Crippen LogP contribution < -0.4 is 9.47 Å². The molecule has 0 N–H and O–H groups in total. The molecular weight excluding hydrogens is 572 g/mol. The highest BCUT2D eigenvalue weighted by atomic mass is 16.6. The molecule has 0 saturated heterocycles. The summed E-state index contributed by atoms with van der Waals surface area (Å²) in [4.78, 5) is 32.5. The number of esters is 2. The monoisotopic (exact) mass is 628 g/mol. The second kappa shape index (κ2) is 20.0. The van der Waals surface area contributed by atoms with Gasteiger partial charge in [0.05, 0.1) is 12.8 Å². The molecule has 0 saturated carbocycles. The smallest absolute Gasteiger partial charge is 0.307 e. The van der Waals surface area contributed by atoms with Crippen molar-refractivity contribution in [2.24, 2.45) is 0 Å².